The van der Waals surface area contributed by atoms with Gasteiger partial charge >= 0.3 is 12.1 Å². The van der Waals surface area contributed by atoms with E-state index in [0.29, 0.717) is 11.4 Å². The second-order valence-corrected chi connectivity index (χ2v) is 15.8. The van der Waals surface area contributed by atoms with Gasteiger partial charge in [-0.05, 0) is 113 Å². The number of amides is 2. The fourth-order valence-electron chi connectivity index (χ4n) is 8.01. The van der Waals surface area contributed by atoms with Crippen molar-refractivity contribution in [2.24, 2.45) is 17.8 Å². The van der Waals surface area contributed by atoms with Gasteiger partial charge in [0.2, 0.25) is 5.91 Å². The molecular weight excluding hydrogens is 801 g/mol. The number of aliphatic carboxylic acids is 1. The van der Waals surface area contributed by atoms with Crippen molar-refractivity contribution in [1.29, 1.82) is 0 Å². The number of rotatable bonds is 13. The van der Waals surface area contributed by atoms with Crippen LogP contribution in [-0.4, -0.2) is 51.4 Å². The lowest BCUT2D eigenvalue weighted by Gasteiger charge is -2.35. The third-order valence-electron chi connectivity index (χ3n) is 11.3. The van der Waals surface area contributed by atoms with E-state index in [2.05, 4.69) is 44.2 Å². The predicted molar refractivity (Wildman–Crippen MR) is 215 cm³/mol. The van der Waals surface area contributed by atoms with E-state index < -0.39 is 42.5 Å². The number of hydrogen-bond acceptors (Lipinski definition) is 6. The lowest BCUT2D eigenvalue weighted by molar-refractivity contribution is -0.139. The summed E-state index contributed by atoms with van der Waals surface area (Å²) in [7, 11) is 1.25. The van der Waals surface area contributed by atoms with Gasteiger partial charge in [-0.1, -0.05) is 62.6 Å². The van der Waals surface area contributed by atoms with Crippen molar-refractivity contribution < 1.29 is 37.4 Å². The number of nitrogens with zero attached hydrogens (tertiary/aromatic N) is 3. The molecule has 57 heavy (non-hydrogen) atoms. The molecule has 2 amide bonds. The highest BCUT2D eigenvalue weighted by atomic mass is 79.9. The first-order valence-corrected chi connectivity index (χ1v) is 20.1. The molecule has 0 radical (unpaired) electrons. The van der Waals surface area contributed by atoms with Crippen LogP contribution >= 0.6 is 15.9 Å². The van der Waals surface area contributed by atoms with Crippen LogP contribution in [0.25, 0.3) is 17.0 Å². The second-order valence-electron chi connectivity index (χ2n) is 14.9. The number of carbonyl (C=O) groups is 3. The maximum Gasteiger partial charge on any atom is 0.416 e. The van der Waals surface area contributed by atoms with Crippen molar-refractivity contribution in [3.63, 3.8) is 0 Å². The van der Waals surface area contributed by atoms with Crippen LogP contribution in [-0.2, 0) is 28.7 Å². The van der Waals surface area contributed by atoms with Crippen molar-refractivity contribution in [3.8, 4) is 17.1 Å². The van der Waals surface area contributed by atoms with Gasteiger partial charge in [-0.2, -0.15) is 13.2 Å². The van der Waals surface area contributed by atoms with E-state index >= 15 is 0 Å². The number of anilines is 1. The van der Waals surface area contributed by atoms with E-state index in [1.54, 1.807) is 12.1 Å². The molecule has 0 bridgehead atoms. The van der Waals surface area contributed by atoms with E-state index in [1.807, 2.05) is 24.5 Å². The Hall–Kier alpha value is -5.04. The topological polar surface area (TPSA) is 122 Å². The van der Waals surface area contributed by atoms with Gasteiger partial charge in [-0.25, -0.2) is 9.97 Å². The lowest BCUT2D eigenvalue weighted by atomic mass is 9.71. The van der Waals surface area contributed by atoms with Crippen molar-refractivity contribution in [2.75, 3.05) is 19.0 Å². The fourth-order valence-corrected chi connectivity index (χ4v) is 8.56. The molecule has 1 fully saturated rings. The summed E-state index contributed by atoms with van der Waals surface area (Å²) >= 11 is 3.34. The number of carboxylic acids is 1. The van der Waals surface area contributed by atoms with Crippen LogP contribution < -0.4 is 10.1 Å². The summed E-state index contributed by atoms with van der Waals surface area (Å²) in [6.07, 6.45) is 11.0. The summed E-state index contributed by atoms with van der Waals surface area (Å²) in [5.41, 5.74) is 2.97. The van der Waals surface area contributed by atoms with Crippen LogP contribution in [0.3, 0.4) is 0 Å². The van der Waals surface area contributed by atoms with Crippen molar-refractivity contribution in [2.45, 2.75) is 77.4 Å². The van der Waals surface area contributed by atoms with Crippen molar-refractivity contribution >= 4 is 45.0 Å². The molecule has 1 atom stereocenters. The van der Waals surface area contributed by atoms with E-state index in [0.717, 1.165) is 47.8 Å². The average Bonchev–Trinajstić information content (AvgIpc) is 3.20. The first kappa shape index (κ1) is 41.6. The number of alkyl halides is 3. The van der Waals surface area contributed by atoms with Gasteiger partial charge in [0.1, 0.15) is 12.3 Å². The number of ether oxygens (including phenoxy) is 1. The van der Waals surface area contributed by atoms with Crippen LogP contribution in [0.1, 0.15) is 90.9 Å². The molecule has 2 aliphatic carbocycles. The zero-order chi connectivity index (χ0) is 40.7. The average molecular weight is 848 g/mol. The van der Waals surface area contributed by atoms with E-state index in [4.69, 9.17) is 4.74 Å². The SMILES string of the molecule is CC[C@H]1CC[C@H](C2CC=C(c3cnc(-c4ccc(CN(CC(=O)O)C(=O)c5ccc(NC(=O)Cc6ccc(OC)cc6C(F)(F)F)cc5Br)cc4)nc3)CC2)CC1. The molecular formula is C44H46BrF3N4O5. The number of halogens is 4. The monoisotopic (exact) mass is 846 g/mol. The normalized spacial score (nSPS) is 18.4. The highest BCUT2D eigenvalue weighted by Gasteiger charge is 2.34. The molecule has 4 aromatic rings. The molecule has 13 heteroatoms. The molecule has 1 saturated carbocycles. The smallest absolute Gasteiger partial charge is 0.416 e. The van der Waals surface area contributed by atoms with Gasteiger partial charge in [0.25, 0.3) is 5.91 Å². The number of hydrogen-bond donors (Lipinski definition) is 2. The van der Waals surface area contributed by atoms with Crippen LogP contribution in [0.15, 0.2) is 83.6 Å². The van der Waals surface area contributed by atoms with E-state index in [9.17, 15) is 32.7 Å². The van der Waals surface area contributed by atoms with Gasteiger partial charge in [0.05, 0.1) is 24.7 Å². The maximum absolute atomic E-state index is 13.6. The minimum Gasteiger partial charge on any atom is -0.497 e. The van der Waals surface area contributed by atoms with Crippen LogP contribution in [0.2, 0.25) is 0 Å². The third-order valence-corrected chi connectivity index (χ3v) is 11.9. The van der Waals surface area contributed by atoms with Crippen LogP contribution in [0.4, 0.5) is 18.9 Å². The van der Waals surface area contributed by atoms with Gasteiger partial charge in [-0.15, -0.1) is 0 Å². The van der Waals surface area contributed by atoms with Crippen LogP contribution in [0.5, 0.6) is 5.75 Å². The molecule has 1 aromatic heterocycles. The van der Waals surface area contributed by atoms with Gasteiger partial charge < -0.3 is 20.1 Å². The molecule has 0 saturated heterocycles. The Kier molecular flexibility index (Phi) is 13.5. The Balaban J connectivity index is 1.06. The minimum absolute atomic E-state index is 0.00523. The Labute approximate surface area is 338 Å². The fraction of sp³-hybridized carbons (Fsp3) is 0.386. The maximum atomic E-state index is 13.6. The minimum atomic E-state index is -4.69. The molecule has 2 N–H and O–H groups in total. The molecule has 2 aliphatic rings. The molecule has 6 rings (SSSR count). The molecule has 0 aliphatic heterocycles. The summed E-state index contributed by atoms with van der Waals surface area (Å²) in [6.45, 7) is 1.73. The number of aromatic nitrogens is 2. The summed E-state index contributed by atoms with van der Waals surface area (Å²) in [4.78, 5) is 48.7. The first-order valence-electron chi connectivity index (χ1n) is 19.3. The Morgan fingerprint density at radius 3 is 2.25 bits per heavy atom. The molecule has 1 unspecified atom stereocenters. The van der Waals surface area contributed by atoms with Crippen molar-refractivity contribution in [1.82, 2.24) is 14.9 Å². The van der Waals surface area contributed by atoms with Crippen LogP contribution in [0, 0.1) is 17.8 Å². The largest absolute Gasteiger partial charge is 0.497 e. The number of carboxylic acid groups (broad SMARTS) is 1. The molecule has 1 heterocycles. The Morgan fingerprint density at radius 2 is 1.65 bits per heavy atom. The zero-order valence-electron chi connectivity index (χ0n) is 31.9. The van der Waals surface area contributed by atoms with E-state index in [1.165, 1.54) is 86.4 Å². The van der Waals surface area contributed by atoms with E-state index in [-0.39, 0.29) is 33.6 Å². The molecule has 9 nitrogen and oxygen atoms in total. The second kappa shape index (κ2) is 18.5. The third kappa shape index (κ3) is 10.7. The summed E-state index contributed by atoms with van der Waals surface area (Å²) < 4.78 is 46.1. The standard InChI is InChI=1S/C44H46BrF3N4O5/c1-3-27-4-8-29(9-5-27)30-12-14-31(15-13-30)34-23-49-42(50-24-34)32-10-6-28(7-11-32)25-52(26-41(54)55)43(56)37-19-17-35(21-39(37)45)51-40(53)20-33-16-18-36(57-2)22-38(33)44(46,47)48/h6-7,10-11,14,16-19,21-24,27,29-30H,3-5,8-9,12-13,15,20,25-26H2,1-2H3,(H,51,53)(H,54,55)/t27-,29-,30?. The molecule has 300 valence electrons. The number of carbonyl (C=O) groups excluding carboxylic acids is 2. The highest BCUT2D eigenvalue weighted by molar-refractivity contribution is 9.10. The van der Waals surface area contributed by atoms with Gasteiger partial charge in [0.15, 0.2) is 5.82 Å². The number of allylic oxidation sites excluding steroid dienone is 2. The predicted octanol–water partition coefficient (Wildman–Crippen LogP) is 10.2. The Morgan fingerprint density at radius 1 is 0.930 bits per heavy atom. The molecule has 3 aromatic carbocycles. The van der Waals surface area contributed by atoms with Gasteiger partial charge in [-0.3, -0.25) is 14.4 Å². The quantitative estimate of drug-likeness (QED) is 0.137. The zero-order valence-corrected chi connectivity index (χ0v) is 33.5. The first-order chi connectivity index (χ1) is 27.3. The molecule has 0 spiro atoms. The Bertz CT molecular complexity index is 2100. The summed E-state index contributed by atoms with van der Waals surface area (Å²) in [5, 5.41) is 12.2. The number of methoxy groups -OCH3 is 1. The number of nitrogens with one attached hydrogen (secondary N) is 1. The summed E-state index contributed by atoms with van der Waals surface area (Å²) in [6, 6.07) is 14.9. The highest BCUT2D eigenvalue weighted by Crippen LogP contribution is 2.42. The van der Waals surface area contributed by atoms with Crippen molar-refractivity contribution in [3.05, 3.63) is 111 Å². The lowest BCUT2D eigenvalue weighted by Crippen LogP contribution is -2.35. The summed E-state index contributed by atoms with van der Waals surface area (Å²) in [5.74, 6) is 0.620. The number of benzene rings is 3. The van der Waals surface area contributed by atoms with Gasteiger partial charge in [0, 0.05) is 40.2 Å².